The van der Waals surface area contributed by atoms with E-state index in [1.54, 1.807) is 18.4 Å². The number of nitrogens with one attached hydrogen (secondary N) is 2. The summed E-state index contributed by atoms with van der Waals surface area (Å²) in [5.74, 6) is 2.64. The van der Waals surface area contributed by atoms with Gasteiger partial charge < -0.3 is 20.1 Å². The third kappa shape index (κ3) is 5.16. The van der Waals surface area contributed by atoms with Crippen LogP contribution in [0.2, 0.25) is 0 Å². The Bertz CT molecular complexity index is 819. The molecule has 0 saturated carbocycles. The molecular weight excluding hydrogens is 372 g/mol. The average Bonchev–Trinajstić information content (AvgIpc) is 3.29. The van der Waals surface area contributed by atoms with Crippen LogP contribution >= 0.6 is 11.3 Å². The van der Waals surface area contributed by atoms with Crippen LogP contribution in [-0.2, 0) is 25.8 Å². The lowest BCUT2D eigenvalue weighted by atomic mass is 10.1. The average molecular weight is 403 g/mol. The Morgan fingerprint density at radius 1 is 1.36 bits per heavy atom. The molecule has 0 bridgehead atoms. The summed E-state index contributed by atoms with van der Waals surface area (Å²) in [4.78, 5) is 8.92. The van der Waals surface area contributed by atoms with Crippen molar-refractivity contribution < 1.29 is 9.47 Å². The summed E-state index contributed by atoms with van der Waals surface area (Å²) in [6, 6.07) is 4.20. The SMILES string of the molecule is CCOc1cc2c(cc1CNC(=NC)NCCc1csc(CC)n1)OC(C)C2. The van der Waals surface area contributed by atoms with Gasteiger partial charge in [0.15, 0.2) is 5.96 Å². The normalized spacial score (nSPS) is 15.9. The summed E-state index contributed by atoms with van der Waals surface area (Å²) in [5.41, 5.74) is 3.43. The molecule has 0 amide bonds. The molecule has 0 spiro atoms. The standard InChI is InChI=1S/C21H30N4O2S/c1-5-20-25-17(13-28-20)7-8-23-21(22-4)24-12-16-11-19-15(9-14(3)27-19)10-18(16)26-6-2/h10-11,13-14H,5-9,12H2,1-4H3,(H2,22,23,24). The largest absolute Gasteiger partial charge is 0.494 e. The second-order valence-corrected chi connectivity index (χ2v) is 7.76. The predicted molar refractivity (Wildman–Crippen MR) is 115 cm³/mol. The maximum absolute atomic E-state index is 5.90. The number of nitrogens with zero attached hydrogens (tertiary/aromatic N) is 2. The van der Waals surface area contributed by atoms with Gasteiger partial charge in [0.25, 0.3) is 0 Å². The Hall–Kier alpha value is -2.28. The van der Waals surface area contributed by atoms with Gasteiger partial charge in [0.2, 0.25) is 0 Å². The van der Waals surface area contributed by atoms with Gasteiger partial charge in [-0.2, -0.15) is 0 Å². The smallest absolute Gasteiger partial charge is 0.191 e. The first-order valence-corrected chi connectivity index (χ1v) is 10.8. The third-order valence-corrected chi connectivity index (χ3v) is 5.67. The Morgan fingerprint density at radius 2 is 2.21 bits per heavy atom. The van der Waals surface area contributed by atoms with E-state index >= 15 is 0 Å². The van der Waals surface area contributed by atoms with Crippen LogP contribution in [0.4, 0.5) is 0 Å². The number of hydrogen-bond acceptors (Lipinski definition) is 5. The first-order valence-electron chi connectivity index (χ1n) is 9.95. The number of hydrogen-bond donors (Lipinski definition) is 2. The molecule has 1 unspecified atom stereocenters. The first kappa shape index (κ1) is 20.5. The minimum Gasteiger partial charge on any atom is -0.494 e. The molecule has 6 nitrogen and oxygen atoms in total. The predicted octanol–water partition coefficient (Wildman–Crippen LogP) is 3.34. The van der Waals surface area contributed by atoms with Crippen molar-refractivity contribution in [3.05, 3.63) is 39.3 Å². The molecule has 1 aliphatic rings. The van der Waals surface area contributed by atoms with Crippen LogP contribution in [0.5, 0.6) is 11.5 Å². The van der Waals surface area contributed by atoms with Crippen LogP contribution in [0.3, 0.4) is 0 Å². The zero-order chi connectivity index (χ0) is 19.9. The lowest BCUT2D eigenvalue weighted by Crippen LogP contribution is -2.38. The molecule has 0 saturated heterocycles. The maximum Gasteiger partial charge on any atom is 0.191 e. The molecule has 2 N–H and O–H groups in total. The number of aromatic nitrogens is 1. The summed E-state index contributed by atoms with van der Waals surface area (Å²) >= 11 is 1.73. The van der Waals surface area contributed by atoms with E-state index in [4.69, 9.17) is 9.47 Å². The Labute approximate surface area is 171 Å². The molecule has 0 fully saturated rings. The fraction of sp³-hybridized carbons (Fsp3) is 0.524. The van der Waals surface area contributed by atoms with Gasteiger partial charge in [0.1, 0.15) is 17.6 Å². The molecule has 28 heavy (non-hydrogen) atoms. The number of aliphatic imine (C=N–C) groups is 1. The molecule has 1 aliphatic heterocycles. The summed E-state index contributed by atoms with van der Waals surface area (Å²) in [6.07, 6.45) is 3.03. The summed E-state index contributed by atoms with van der Waals surface area (Å²) < 4.78 is 11.8. The van der Waals surface area contributed by atoms with Gasteiger partial charge in [0.05, 0.1) is 17.3 Å². The number of thiazole rings is 1. The monoisotopic (exact) mass is 402 g/mol. The van der Waals surface area contributed by atoms with Crippen molar-refractivity contribution in [1.29, 1.82) is 0 Å². The Balaban J connectivity index is 1.56. The molecule has 2 aromatic rings. The van der Waals surface area contributed by atoms with Crippen LogP contribution in [0.1, 0.15) is 42.6 Å². The van der Waals surface area contributed by atoms with E-state index in [1.165, 1.54) is 10.6 Å². The molecule has 0 aliphatic carbocycles. The molecule has 2 heterocycles. The molecule has 1 aromatic heterocycles. The second-order valence-electron chi connectivity index (χ2n) is 6.82. The number of guanidine groups is 1. The molecule has 3 rings (SSSR count). The Kier molecular flexibility index (Phi) is 7.14. The number of fused-ring (bicyclic) bond motifs is 1. The number of ether oxygens (including phenoxy) is 2. The minimum absolute atomic E-state index is 0.223. The minimum atomic E-state index is 0.223. The van der Waals surface area contributed by atoms with E-state index in [2.05, 4.69) is 52.0 Å². The maximum atomic E-state index is 5.90. The number of benzene rings is 1. The zero-order valence-electron chi connectivity index (χ0n) is 17.2. The highest BCUT2D eigenvalue weighted by Crippen LogP contribution is 2.35. The highest BCUT2D eigenvalue weighted by Gasteiger charge is 2.21. The zero-order valence-corrected chi connectivity index (χ0v) is 18.0. The van der Waals surface area contributed by atoms with Crippen molar-refractivity contribution in [1.82, 2.24) is 15.6 Å². The molecule has 7 heteroatoms. The summed E-state index contributed by atoms with van der Waals surface area (Å²) in [6.45, 7) is 8.28. The second kappa shape index (κ2) is 9.78. The highest BCUT2D eigenvalue weighted by atomic mass is 32.1. The summed E-state index contributed by atoms with van der Waals surface area (Å²) in [5, 5.41) is 10.1. The quantitative estimate of drug-likeness (QED) is 0.524. The van der Waals surface area contributed by atoms with Crippen molar-refractivity contribution in [3.63, 3.8) is 0 Å². The van der Waals surface area contributed by atoms with Gasteiger partial charge in [-0.15, -0.1) is 11.3 Å². The van der Waals surface area contributed by atoms with Gasteiger partial charge >= 0.3 is 0 Å². The van der Waals surface area contributed by atoms with E-state index in [1.807, 2.05) is 6.92 Å². The number of rotatable bonds is 8. The van der Waals surface area contributed by atoms with Crippen molar-refractivity contribution in [2.24, 2.45) is 4.99 Å². The molecular formula is C21H30N4O2S. The van der Waals surface area contributed by atoms with Crippen molar-refractivity contribution in [2.75, 3.05) is 20.2 Å². The Morgan fingerprint density at radius 3 is 2.93 bits per heavy atom. The number of aryl methyl sites for hydroxylation is 1. The molecule has 0 radical (unpaired) electrons. The fourth-order valence-electron chi connectivity index (χ4n) is 3.24. The topological polar surface area (TPSA) is 67.8 Å². The van der Waals surface area contributed by atoms with Crippen molar-refractivity contribution in [2.45, 2.75) is 52.7 Å². The molecule has 1 aromatic carbocycles. The van der Waals surface area contributed by atoms with Gasteiger partial charge in [-0.25, -0.2) is 4.98 Å². The van der Waals surface area contributed by atoms with Gasteiger partial charge in [0, 0.05) is 49.5 Å². The fourth-order valence-corrected chi connectivity index (χ4v) is 4.02. The van der Waals surface area contributed by atoms with E-state index in [0.717, 1.165) is 54.5 Å². The van der Waals surface area contributed by atoms with Crippen LogP contribution < -0.4 is 20.1 Å². The van der Waals surface area contributed by atoms with E-state index in [-0.39, 0.29) is 6.10 Å². The van der Waals surface area contributed by atoms with Gasteiger partial charge in [-0.05, 0) is 32.4 Å². The van der Waals surface area contributed by atoms with Crippen LogP contribution in [0, 0.1) is 0 Å². The van der Waals surface area contributed by atoms with Crippen molar-refractivity contribution in [3.8, 4) is 11.5 Å². The van der Waals surface area contributed by atoms with Crippen LogP contribution in [0.15, 0.2) is 22.5 Å². The van der Waals surface area contributed by atoms with E-state index in [0.29, 0.717) is 13.2 Å². The van der Waals surface area contributed by atoms with Crippen LogP contribution in [-0.4, -0.2) is 37.2 Å². The van der Waals surface area contributed by atoms with E-state index < -0.39 is 0 Å². The third-order valence-electron chi connectivity index (χ3n) is 4.62. The summed E-state index contributed by atoms with van der Waals surface area (Å²) in [7, 11) is 1.78. The molecule has 1 atom stereocenters. The van der Waals surface area contributed by atoms with Gasteiger partial charge in [-0.1, -0.05) is 6.92 Å². The first-order chi connectivity index (χ1) is 13.6. The lowest BCUT2D eigenvalue weighted by molar-refractivity contribution is 0.254. The van der Waals surface area contributed by atoms with Crippen LogP contribution in [0.25, 0.3) is 0 Å². The van der Waals surface area contributed by atoms with Crippen molar-refractivity contribution >= 4 is 17.3 Å². The molecule has 152 valence electrons. The highest BCUT2D eigenvalue weighted by molar-refractivity contribution is 7.09. The van der Waals surface area contributed by atoms with E-state index in [9.17, 15) is 0 Å². The lowest BCUT2D eigenvalue weighted by Gasteiger charge is -2.15. The van der Waals surface area contributed by atoms with Gasteiger partial charge in [-0.3, -0.25) is 4.99 Å².